The monoisotopic (exact) mass is 571 g/mol. The molecule has 208 valence electrons. The number of carbonyl (C=O) groups excluding carboxylic acids is 2. The molecule has 0 aliphatic carbocycles. The Balaban J connectivity index is 2.07. The van der Waals surface area contributed by atoms with E-state index in [4.69, 9.17) is 16.3 Å². The van der Waals surface area contributed by atoms with E-state index in [9.17, 15) is 18.0 Å². The molecule has 0 radical (unpaired) electrons. The van der Waals surface area contributed by atoms with Crippen LogP contribution in [0, 0.1) is 0 Å². The van der Waals surface area contributed by atoms with Crippen LogP contribution in [-0.2, 0) is 26.2 Å². The molecule has 1 atom stereocenters. The van der Waals surface area contributed by atoms with Gasteiger partial charge in [0, 0.05) is 18.1 Å². The summed E-state index contributed by atoms with van der Waals surface area (Å²) in [7, 11) is -2.74. The number of carbonyl (C=O) groups is 2. The van der Waals surface area contributed by atoms with E-state index in [0.717, 1.165) is 16.3 Å². The molecule has 0 heterocycles. The molecule has 0 aromatic heterocycles. The Labute approximate surface area is 235 Å². The third-order valence-corrected chi connectivity index (χ3v) is 8.19. The van der Waals surface area contributed by atoms with Gasteiger partial charge in [0.2, 0.25) is 11.8 Å². The quantitative estimate of drug-likeness (QED) is 0.315. The highest BCUT2D eigenvalue weighted by Crippen LogP contribution is 2.32. The number of para-hydroxylation sites is 2. The van der Waals surface area contributed by atoms with Crippen molar-refractivity contribution in [3.8, 4) is 5.75 Å². The van der Waals surface area contributed by atoms with Gasteiger partial charge >= 0.3 is 0 Å². The van der Waals surface area contributed by atoms with Crippen molar-refractivity contribution >= 4 is 39.1 Å². The molecule has 0 aliphatic rings. The van der Waals surface area contributed by atoms with Gasteiger partial charge in [0.15, 0.2) is 0 Å². The van der Waals surface area contributed by atoms with Crippen molar-refractivity contribution in [2.24, 2.45) is 0 Å². The summed E-state index contributed by atoms with van der Waals surface area (Å²) in [6, 6.07) is 20.7. The van der Waals surface area contributed by atoms with Crippen LogP contribution in [0.25, 0.3) is 0 Å². The molecule has 39 heavy (non-hydrogen) atoms. The number of hydrogen-bond acceptors (Lipinski definition) is 5. The number of rotatable bonds is 13. The molecule has 0 spiro atoms. The Kier molecular flexibility index (Phi) is 10.8. The Morgan fingerprint density at radius 1 is 0.949 bits per heavy atom. The summed E-state index contributed by atoms with van der Waals surface area (Å²) in [5.41, 5.74) is 0.969. The largest absolute Gasteiger partial charge is 0.495 e. The van der Waals surface area contributed by atoms with Crippen molar-refractivity contribution < 1.29 is 22.7 Å². The SMILES string of the molecule is CCCNC(=O)[C@H](CC)N(Cc1ccc(Cl)cc1)C(=O)CN(c1ccccc1OC)S(=O)(=O)c1ccccc1. The van der Waals surface area contributed by atoms with Gasteiger partial charge in [-0.25, -0.2) is 8.42 Å². The lowest BCUT2D eigenvalue weighted by atomic mass is 10.1. The second-order valence-electron chi connectivity index (χ2n) is 8.86. The van der Waals surface area contributed by atoms with Crippen LogP contribution in [-0.4, -0.2) is 51.4 Å². The molecule has 0 fully saturated rings. The molecule has 3 aromatic carbocycles. The van der Waals surface area contributed by atoms with Gasteiger partial charge < -0.3 is 15.0 Å². The standard InChI is InChI=1S/C29H34ClN3O5S/c1-4-19-31-29(35)25(5-2)32(20-22-15-17-23(30)18-16-22)28(34)21-33(26-13-9-10-14-27(26)38-3)39(36,37)24-11-7-6-8-12-24/h6-18,25H,4-5,19-21H2,1-3H3,(H,31,35)/t25-/m0/s1. The molecule has 0 saturated heterocycles. The molecule has 0 unspecified atom stereocenters. The first kappa shape index (κ1) is 30.0. The van der Waals surface area contributed by atoms with Crippen LogP contribution >= 0.6 is 11.6 Å². The molecule has 0 saturated carbocycles. The predicted octanol–water partition coefficient (Wildman–Crippen LogP) is 4.88. The van der Waals surface area contributed by atoms with Crippen molar-refractivity contribution in [3.05, 3.63) is 89.4 Å². The van der Waals surface area contributed by atoms with E-state index < -0.39 is 28.5 Å². The van der Waals surface area contributed by atoms with Gasteiger partial charge in [-0.15, -0.1) is 0 Å². The minimum atomic E-state index is -4.17. The summed E-state index contributed by atoms with van der Waals surface area (Å²) in [5, 5.41) is 3.41. The first-order valence-electron chi connectivity index (χ1n) is 12.7. The maximum atomic E-state index is 14.0. The number of sulfonamides is 1. The van der Waals surface area contributed by atoms with Gasteiger partial charge in [-0.3, -0.25) is 13.9 Å². The number of methoxy groups -OCH3 is 1. The average Bonchev–Trinajstić information content (AvgIpc) is 2.95. The average molecular weight is 572 g/mol. The maximum Gasteiger partial charge on any atom is 0.264 e. The molecule has 0 aliphatic heterocycles. The molecular weight excluding hydrogens is 538 g/mol. The van der Waals surface area contributed by atoms with E-state index in [2.05, 4.69) is 5.32 Å². The molecular formula is C29H34ClN3O5S. The van der Waals surface area contributed by atoms with Gasteiger partial charge in [0.25, 0.3) is 10.0 Å². The maximum absolute atomic E-state index is 14.0. The van der Waals surface area contributed by atoms with Crippen LogP contribution in [0.4, 0.5) is 5.69 Å². The molecule has 1 N–H and O–H groups in total. The highest BCUT2D eigenvalue weighted by atomic mass is 35.5. The van der Waals surface area contributed by atoms with Crippen molar-refractivity contribution in [2.75, 3.05) is 24.5 Å². The van der Waals surface area contributed by atoms with Crippen LogP contribution in [0.5, 0.6) is 5.75 Å². The van der Waals surface area contributed by atoms with E-state index in [1.807, 2.05) is 13.8 Å². The normalized spacial score (nSPS) is 11.9. The number of nitrogens with one attached hydrogen (secondary N) is 1. The van der Waals surface area contributed by atoms with E-state index in [0.29, 0.717) is 23.7 Å². The zero-order chi connectivity index (χ0) is 28.4. The lowest BCUT2D eigenvalue weighted by molar-refractivity contribution is -0.140. The topological polar surface area (TPSA) is 96.0 Å². The second-order valence-corrected chi connectivity index (χ2v) is 11.2. The Bertz CT molecular complexity index is 1350. The number of ether oxygens (including phenoxy) is 1. The smallest absolute Gasteiger partial charge is 0.264 e. The van der Waals surface area contributed by atoms with Crippen molar-refractivity contribution in [3.63, 3.8) is 0 Å². The lowest BCUT2D eigenvalue weighted by Crippen LogP contribution is -2.52. The Morgan fingerprint density at radius 2 is 1.59 bits per heavy atom. The molecule has 8 nitrogen and oxygen atoms in total. The minimum absolute atomic E-state index is 0.0284. The van der Waals surface area contributed by atoms with Crippen LogP contribution in [0.1, 0.15) is 32.3 Å². The predicted molar refractivity (Wildman–Crippen MR) is 153 cm³/mol. The fraction of sp³-hybridized carbons (Fsp3) is 0.310. The van der Waals surface area contributed by atoms with E-state index >= 15 is 0 Å². The molecule has 3 rings (SSSR count). The number of benzene rings is 3. The van der Waals surface area contributed by atoms with E-state index in [-0.39, 0.29) is 23.0 Å². The van der Waals surface area contributed by atoms with Crippen LogP contribution in [0.3, 0.4) is 0 Å². The fourth-order valence-electron chi connectivity index (χ4n) is 4.14. The zero-order valence-electron chi connectivity index (χ0n) is 22.3. The van der Waals surface area contributed by atoms with Crippen molar-refractivity contribution in [1.29, 1.82) is 0 Å². The Hall–Kier alpha value is -3.56. The third kappa shape index (κ3) is 7.52. The first-order valence-corrected chi connectivity index (χ1v) is 14.6. The zero-order valence-corrected chi connectivity index (χ0v) is 23.9. The summed E-state index contributed by atoms with van der Waals surface area (Å²) in [4.78, 5) is 28.6. The summed E-state index contributed by atoms with van der Waals surface area (Å²) < 4.78 is 34.2. The van der Waals surface area contributed by atoms with Crippen LogP contribution in [0.15, 0.2) is 83.8 Å². The number of nitrogens with zero attached hydrogens (tertiary/aromatic N) is 2. The number of hydrogen-bond donors (Lipinski definition) is 1. The Morgan fingerprint density at radius 3 is 2.21 bits per heavy atom. The van der Waals surface area contributed by atoms with Crippen LogP contribution < -0.4 is 14.4 Å². The van der Waals surface area contributed by atoms with E-state index in [1.165, 1.54) is 24.1 Å². The number of anilines is 1. The molecule has 0 bridgehead atoms. The summed E-state index contributed by atoms with van der Waals surface area (Å²) >= 11 is 6.05. The number of amides is 2. The van der Waals surface area contributed by atoms with Gasteiger partial charge in [-0.05, 0) is 54.8 Å². The summed E-state index contributed by atoms with van der Waals surface area (Å²) in [6.07, 6.45) is 1.08. The second kappa shape index (κ2) is 14.0. The number of halogens is 1. The summed E-state index contributed by atoms with van der Waals surface area (Å²) in [5.74, 6) is -0.535. The van der Waals surface area contributed by atoms with Gasteiger partial charge in [0.1, 0.15) is 18.3 Å². The minimum Gasteiger partial charge on any atom is -0.495 e. The van der Waals surface area contributed by atoms with E-state index in [1.54, 1.807) is 66.7 Å². The van der Waals surface area contributed by atoms with Gasteiger partial charge in [0.05, 0.1) is 17.7 Å². The third-order valence-electron chi connectivity index (χ3n) is 6.17. The highest BCUT2D eigenvalue weighted by molar-refractivity contribution is 7.92. The van der Waals surface area contributed by atoms with Crippen LogP contribution in [0.2, 0.25) is 5.02 Å². The summed E-state index contributed by atoms with van der Waals surface area (Å²) in [6.45, 7) is 3.78. The van der Waals surface area contributed by atoms with Gasteiger partial charge in [-0.2, -0.15) is 0 Å². The van der Waals surface area contributed by atoms with Crippen molar-refractivity contribution in [2.45, 2.75) is 44.2 Å². The fourth-order valence-corrected chi connectivity index (χ4v) is 5.71. The molecule has 3 aromatic rings. The highest BCUT2D eigenvalue weighted by Gasteiger charge is 2.34. The lowest BCUT2D eigenvalue weighted by Gasteiger charge is -2.33. The molecule has 10 heteroatoms. The molecule has 2 amide bonds. The first-order chi connectivity index (χ1) is 18.7. The van der Waals surface area contributed by atoms with Crippen molar-refractivity contribution in [1.82, 2.24) is 10.2 Å². The van der Waals surface area contributed by atoms with Gasteiger partial charge in [-0.1, -0.05) is 67.9 Å².